The molecule has 0 radical (unpaired) electrons. The minimum atomic E-state index is -0.743. The van der Waals surface area contributed by atoms with Crippen LogP contribution in [0.2, 0.25) is 0 Å². The van der Waals surface area contributed by atoms with Crippen molar-refractivity contribution in [3.05, 3.63) is 58.9 Å². The third-order valence-electron chi connectivity index (χ3n) is 3.38. The molecule has 4 heteroatoms. The van der Waals surface area contributed by atoms with Gasteiger partial charge in [-0.1, -0.05) is 38.1 Å². The Labute approximate surface area is 123 Å². The van der Waals surface area contributed by atoms with E-state index in [2.05, 4.69) is 5.32 Å². The maximum atomic E-state index is 13.7. The van der Waals surface area contributed by atoms with E-state index in [9.17, 15) is 14.3 Å². The van der Waals surface area contributed by atoms with Crippen LogP contribution in [0.3, 0.4) is 0 Å². The van der Waals surface area contributed by atoms with Crippen LogP contribution in [0, 0.1) is 12.7 Å². The Kier molecular flexibility index (Phi) is 4.26. The van der Waals surface area contributed by atoms with Crippen molar-refractivity contribution >= 4 is 11.6 Å². The zero-order chi connectivity index (χ0) is 15.6. The SMILES string of the molecule is Cc1cccc(C(C)C)c1NC(=O)c1c(O)cccc1F. The summed E-state index contributed by atoms with van der Waals surface area (Å²) in [5.74, 6) is -1.55. The van der Waals surface area contributed by atoms with Gasteiger partial charge in [-0.3, -0.25) is 4.79 Å². The summed E-state index contributed by atoms with van der Waals surface area (Å²) in [5.41, 5.74) is 2.19. The Hall–Kier alpha value is -2.36. The Morgan fingerprint density at radius 1 is 1.19 bits per heavy atom. The first-order valence-corrected chi connectivity index (χ1v) is 6.80. The molecule has 0 heterocycles. The van der Waals surface area contributed by atoms with Gasteiger partial charge in [0.1, 0.15) is 17.1 Å². The Morgan fingerprint density at radius 3 is 2.48 bits per heavy atom. The largest absolute Gasteiger partial charge is 0.507 e. The number of aromatic hydroxyl groups is 1. The zero-order valence-corrected chi connectivity index (χ0v) is 12.3. The van der Waals surface area contributed by atoms with Crippen molar-refractivity contribution < 1.29 is 14.3 Å². The number of anilines is 1. The van der Waals surface area contributed by atoms with Gasteiger partial charge in [0.05, 0.1) is 0 Å². The molecule has 0 bridgehead atoms. The fourth-order valence-electron chi connectivity index (χ4n) is 2.26. The zero-order valence-electron chi connectivity index (χ0n) is 12.3. The van der Waals surface area contributed by atoms with Gasteiger partial charge in [0.15, 0.2) is 0 Å². The predicted octanol–water partition coefficient (Wildman–Crippen LogP) is 4.22. The summed E-state index contributed by atoms with van der Waals surface area (Å²) in [4.78, 5) is 12.3. The minimum Gasteiger partial charge on any atom is -0.507 e. The van der Waals surface area contributed by atoms with Crippen molar-refractivity contribution in [3.8, 4) is 5.75 Å². The van der Waals surface area contributed by atoms with Gasteiger partial charge in [-0.15, -0.1) is 0 Å². The van der Waals surface area contributed by atoms with E-state index in [4.69, 9.17) is 0 Å². The van der Waals surface area contributed by atoms with Crippen LogP contribution in [0.4, 0.5) is 10.1 Å². The fraction of sp³-hybridized carbons (Fsp3) is 0.235. The molecule has 3 nitrogen and oxygen atoms in total. The van der Waals surface area contributed by atoms with Crippen molar-refractivity contribution in [2.75, 3.05) is 5.32 Å². The number of phenols is 1. The number of rotatable bonds is 3. The number of aryl methyl sites for hydroxylation is 1. The van der Waals surface area contributed by atoms with Gasteiger partial charge in [-0.2, -0.15) is 0 Å². The Morgan fingerprint density at radius 2 is 1.86 bits per heavy atom. The summed E-state index contributed by atoms with van der Waals surface area (Å²) in [5, 5.41) is 12.4. The summed E-state index contributed by atoms with van der Waals surface area (Å²) < 4.78 is 13.7. The molecule has 1 amide bonds. The molecule has 0 atom stereocenters. The summed E-state index contributed by atoms with van der Waals surface area (Å²) in [6.45, 7) is 5.92. The second kappa shape index (κ2) is 5.95. The van der Waals surface area contributed by atoms with Gasteiger partial charge < -0.3 is 10.4 Å². The number of hydrogen-bond donors (Lipinski definition) is 2. The molecule has 0 spiro atoms. The highest BCUT2D eigenvalue weighted by Crippen LogP contribution is 2.29. The third kappa shape index (κ3) is 3.05. The predicted molar refractivity (Wildman–Crippen MR) is 81.3 cm³/mol. The standard InChI is InChI=1S/C17H18FNO2/c1-10(2)12-7-4-6-11(3)16(12)19-17(21)15-13(18)8-5-9-14(15)20/h4-10,20H,1-3H3,(H,19,21). The number of phenolic OH excluding ortho intramolecular Hbond substituents is 1. The number of para-hydroxylation sites is 1. The van der Waals surface area contributed by atoms with Crippen LogP contribution in [0.25, 0.3) is 0 Å². The first-order chi connectivity index (χ1) is 9.91. The fourth-order valence-corrected chi connectivity index (χ4v) is 2.26. The molecule has 0 aliphatic rings. The monoisotopic (exact) mass is 287 g/mol. The molecule has 2 aromatic rings. The first-order valence-electron chi connectivity index (χ1n) is 6.80. The molecule has 0 aromatic heterocycles. The molecule has 21 heavy (non-hydrogen) atoms. The van der Waals surface area contributed by atoms with Gasteiger partial charge >= 0.3 is 0 Å². The second-order valence-corrected chi connectivity index (χ2v) is 5.28. The van der Waals surface area contributed by atoms with Gasteiger partial charge in [-0.05, 0) is 36.1 Å². The van der Waals surface area contributed by atoms with Gasteiger partial charge in [0, 0.05) is 5.69 Å². The van der Waals surface area contributed by atoms with Gasteiger partial charge in [0.25, 0.3) is 5.91 Å². The van der Waals surface area contributed by atoms with Crippen LogP contribution in [0.1, 0.15) is 41.3 Å². The molecule has 0 aliphatic heterocycles. The number of halogens is 1. The minimum absolute atomic E-state index is 0.217. The van der Waals surface area contributed by atoms with E-state index in [-0.39, 0.29) is 17.2 Å². The van der Waals surface area contributed by atoms with Crippen molar-refractivity contribution in [1.29, 1.82) is 0 Å². The molecular weight excluding hydrogens is 269 g/mol. The lowest BCUT2D eigenvalue weighted by atomic mass is 9.98. The van der Waals surface area contributed by atoms with Crippen molar-refractivity contribution in [3.63, 3.8) is 0 Å². The topological polar surface area (TPSA) is 49.3 Å². The summed E-state index contributed by atoms with van der Waals surface area (Å²) in [6, 6.07) is 9.52. The number of hydrogen-bond acceptors (Lipinski definition) is 2. The molecule has 2 N–H and O–H groups in total. The van der Waals surface area contributed by atoms with Gasteiger partial charge in [0.2, 0.25) is 0 Å². The third-order valence-corrected chi connectivity index (χ3v) is 3.38. The van der Waals surface area contributed by atoms with Crippen LogP contribution in [0.5, 0.6) is 5.75 Å². The number of carbonyl (C=O) groups excluding carboxylic acids is 1. The van der Waals surface area contributed by atoms with E-state index >= 15 is 0 Å². The molecule has 0 unspecified atom stereocenters. The van der Waals surface area contributed by atoms with Crippen molar-refractivity contribution in [2.24, 2.45) is 0 Å². The molecular formula is C17H18FNO2. The number of amides is 1. The van der Waals surface area contributed by atoms with Crippen LogP contribution in [0.15, 0.2) is 36.4 Å². The highest BCUT2D eigenvalue weighted by atomic mass is 19.1. The smallest absolute Gasteiger partial charge is 0.262 e. The Balaban J connectivity index is 2.41. The Bertz CT molecular complexity index is 660. The highest BCUT2D eigenvalue weighted by molar-refractivity contribution is 6.07. The first kappa shape index (κ1) is 15.0. The highest BCUT2D eigenvalue weighted by Gasteiger charge is 2.19. The lowest BCUT2D eigenvalue weighted by molar-refractivity contribution is 0.102. The maximum absolute atomic E-state index is 13.7. The van der Waals surface area contributed by atoms with E-state index < -0.39 is 11.7 Å². The van der Waals surface area contributed by atoms with E-state index in [1.807, 2.05) is 39.0 Å². The summed E-state index contributed by atoms with van der Waals surface area (Å²) in [7, 11) is 0. The lowest BCUT2D eigenvalue weighted by Crippen LogP contribution is -2.16. The maximum Gasteiger partial charge on any atom is 0.262 e. The molecule has 2 aromatic carbocycles. The molecule has 0 aliphatic carbocycles. The number of carbonyl (C=O) groups is 1. The summed E-state index contributed by atoms with van der Waals surface area (Å²) >= 11 is 0. The number of nitrogens with one attached hydrogen (secondary N) is 1. The average Bonchev–Trinajstić information content (AvgIpc) is 2.40. The molecule has 110 valence electrons. The normalized spacial score (nSPS) is 10.7. The average molecular weight is 287 g/mol. The quantitative estimate of drug-likeness (QED) is 0.888. The van der Waals surface area contributed by atoms with Gasteiger partial charge in [-0.25, -0.2) is 4.39 Å². The molecule has 0 saturated heterocycles. The van der Waals surface area contributed by atoms with Crippen LogP contribution in [-0.2, 0) is 0 Å². The van der Waals surface area contributed by atoms with E-state index in [0.29, 0.717) is 5.69 Å². The second-order valence-electron chi connectivity index (χ2n) is 5.28. The molecule has 0 saturated carbocycles. The van der Waals surface area contributed by atoms with Crippen LogP contribution >= 0.6 is 0 Å². The lowest BCUT2D eigenvalue weighted by Gasteiger charge is -2.17. The molecule has 2 rings (SSSR count). The number of benzene rings is 2. The van der Waals surface area contributed by atoms with E-state index in [0.717, 1.165) is 17.2 Å². The van der Waals surface area contributed by atoms with Crippen molar-refractivity contribution in [1.82, 2.24) is 0 Å². The molecule has 0 fully saturated rings. The van der Waals surface area contributed by atoms with Crippen LogP contribution < -0.4 is 5.32 Å². The van der Waals surface area contributed by atoms with Crippen molar-refractivity contribution in [2.45, 2.75) is 26.7 Å². The van der Waals surface area contributed by atoms with E-state index in [1.54, 1.807) is 0 Å². The summed E-state index contributed by atoms with van der Waals surface area (Å²) in [6.07, 6.45) is 0. The van der Waals surface area contributed by atoms with Crippen LogP contribution in [-0.4, -0.2) is 11.0 Å². The van der Waals surface area contributed by atoms with E-state index in [1.165, 1.54) is 12.1 Å².